The first-order valence-electron chi connectivity index (χ1n) is 13.2. The lowest BCUT2D eigenvalue weighted by Crippen LogP contribution is -2.37. The van der Waals surface area contributed by atoms with Crippen molar-refractivity contribution in [3.8, 4) is 11.5 Å². The summed E-state index contributed by atoms with van der Waals surface area (Å²) in [6.45, 7) is 5.92. The van der Waals surface area contributed by atoms with E-state index in [0.29, 0.717) is 35.5 Å². The van der Waals surface area contributed by atoms with Crippen molar-refractivity contribution < 1.29 is 19.1 Å². The fourth-order valence-corrected chi connectivity index (χ4v) is 5.81. The van der Waals surface area contributed by atoms with Crippen molar-refractivity contribution in [1.29, 1.82) is 0 Å². The van der Waals surface area contributed by atoms with E-state index in [-0.39, 0.29) is 17.6 Å². The van der Waals surface area contributed by atoms with Gasteiger partial charge in [-0.1, -0.05) is 48.5 Å². The number of benzene rings is 3. The van der Waals surface area contributed by atoms with Gasteiger partial charge in [0.2, 0.25) is 0 Å². The highest BCUT2D eigenvalue weighted by Gasteiger charge is 2.41. The molecule has 1 aliphatic heterocycles. The second-order valence-electron chi connectivity index (χ2n) is 10.3. The summed E-state index contributed by atoms with van der Waals surface area (Å²) in [7, 11) is 3.22. The minimum atomic E-state index is -0.453. The monoisotopic (exact) mass is 522 g/mol. The SMILES string of the molecule is COc1ccc(C2CC(=O)C3=C(C2)NC(C)=C(C(=O)Nc2ccccc2C)C3c2ccccc2C)cc1OC. The number of carbonyl (C=O) groups is 2. The van der Waals surface area contributed by atoms with Crippen molar-refractivity contribution in [1.82, 2.24) is 5.32 Å². The van der Waals surface area contributed by atoms with Crippen LogP contribution >= 0.6 is 0 Å². The molecule has 200 valence electrons. The number of ether oxygens (including phenoxy) is 2. The molecule has 0 saturated carbocycles. The van der Waals surface area contributed by atoms with Crippen LogP contribution in [0.4, 0.5) is 5.69 Å². The number of hydrogen-bond donors (Lipinski definition) is 2. The number of carbonyl (C=O) groups excluding carboxylic acids is 2. The molecule has 2 aliphatic rings. The summed E-state index contributed by atoms with van der Waals surface area (Å²) in [4.78, 5) is 27.8. The smallest absolute Gasteiger partial charge is 0.254 e. The number of para-hydroxylation sites is 1. The summed E-state index contributed by atoms with van der Waals surface area (Å²) in [5.74, 6) is 0.667. The molecule has 0 radical (unpaired) electrons. The maximum atomic E-state index is 14.0. The van der Waals surface area contributed by atoms with Gasteiger partial charge in [-0.2, -0.15) is 0 Å². The first kappa shape index (κ1) is 26.3. The van der Waals surface area contributed by atoms with Gasteiger partial charge in [-0.05, 0) is 73.6 Å². The summed E-state index contributed by atoms with van der Waals surface area (Å²) >= 11 is 0. The number of aryl methyl sites for hydroxylation is 2. The molecule has 2 atom stereocenters. The van der Waals surface area contributed by atoms with E-state index in [4.69, 9.17) is 9.47 Å². The summed E-state index contributed by atoms with van der Waals surface area (Å²) in [5, 5.41) is 6.57. The molecule has 6 nitrogen and oxygen atoms in total. The number of dihydropyridines is 1. The molecule has 3 aromatic rings. The highest BCUT2D eigenvalue weighted by molar-refractivity contribution is 6.10. The Hall–Kier alpha value is -4.32. The third-order valence-electron chi connectivity index (χ3n) is 7.84. The molecule has 5 rings (SSSR count). The summed E-state index contributed by atoms with van der Waals surface area (Å²) in [6.07, 6.45) is 1.01. The Labute approximate surface area is 229 Å². The van der Waals surface area contributed by atoms with Crippen LogP contribution in [0, 0.1) is 13.8 Å². The molecule has 2 unspecified atom stereocenters. The maximum Gasteiger partial charge on any atom is 0.254 e. The van der Waals surface area contributed by atoms with Crippen molar-refractivity contribution in [3.05, 3.63) is 112 Å². The van der Waals surface area contributed by atoms with Crippen LogP contribution in [-0.2, 0) is 9.59 Å². The number of anilines is 1. The number of methoxy groups -OCH3 is 2. The molecule has 1 amide bonds. The molecule has 0 fully saturated rings. The Morgan fingerprint density at radius 3 is 2.26 bits per heavy atom. The second-order valence-corrected chi connectivity index (χ2v) is 10.3. The highest BCUT2D eigenvalue weighted by Crippen LogP contribution is 2.47. The van der Waals surface area contributed by atoms with Crippen molar-refractivity contribution in [3.63, 3.8) is 0 Å². The van der Waals surface area contributed by atoms with E-state index in [0.717, 1.165) is 39.3 Å². The Balaban J connectivity index is 1.56. The van der Waals surface area contributed by atoms with Crippen LogP contribution in [0.15, 0.2) is 89.3 Å². The molecule has 3 aromatic carbocycles. The van der Waals surface area contributed by atoms with Gasteiger partial charge in [0.05, 0.1) is 14.2 Å². The lowest BCUT2D eigenvalue weighted by atomic mass is 9.71. The lowest BCUT2D eigenvalue weighted by molar-refractivity contribution is -0.116. The Morgan fingerprint density at radius 1 is 0.872 bits per heavy atom. The van der Waals surface area contributed by atoms with Gasteiger partial charge < -0.3 is 20.1 Å². The molecule has 0 saturated heterocycles. The molecule has 0 aromatic heterocycles. The number of amides is 1. The average Bonchev–Trinajstić information content (AvgIpc) is 2.93. The Kier molecular flexibility index (Phi) is 7.29. The number of ketones is 1. The van der Waals surface area contributed by atoms with Gasteiger partial charge in [0.15, 0.2) is 17.3 Å². The number of hydrogen-bond acceptors (Lipinski definition) is 5. The van der Waals surface area contributed by atoms with E-state index in [2.05, 4.69) is 10.6 Å². The number of nitrogens with one attached hydrogen (secondary N) is 2. The van der Waals surface area contributed by atoms with Gasteiger partial charge in [0.1, 0.15) is 0 Å². The molecular formula is C33H34N2O4. The molecular weight excluding hydrogens is 488 g/mol. The molecule has 0 bridgehead atoms. The number of Topliss-reactive ketones (excluding diaryl/α,β-unsaturated/α-hetero) is 1. The molecule has 1 heterocycles. The van der Waals surface area contributed by atoms with Crippen LogP contribution in [0.1, 0.15) is 53.9 Å². The van der Waals surface area contributed by atoms with Crippen molar-refractivity contribution in [2.45, 2.75) is 45.4 Å². The van der Waals surface area contributed by atoms with E-state index in [1.807, 2.05) is 87.5 Å². The standard InChI is InChI=1S/C33H34N2O4/c1-19-10-6-8-12-24(19)31-30(33(37)35-25-13-9-7-11-20(25)2)21(3)34-26-16-23(17-27(36)32(26)31)22-14-15-28(38-4)29(18-22)39-5/h6-15,18,23,31,34H,16-17H2,1-5H3,(H,35,37). The summed E-state index contributed by atoms with van der Waals surface area (Å²) < 4.78 is 10.9. The van der Waals surface area contributed by atoms with E-state index < -0.39 is 5.92 Å². The van der Waals surface area contributed by atoms with Gasteiger partial charge in [-0.25, -0.2) is 0 Å². The predicted molar refractivity (Wildman–Crippen MR) is 153 cm³/mol. The van der Waals surface area contributed by atoms with Gasteiger partial charge in [-0.15, -0.1) is 0 Å². The lowest BCUT2D eigenvalue weighted by Gasteiger charge is -2.37. The van der Waals surface area contributed by atoms with Crippen LogP contribution in [-0.4, -0.2) is 25.9 Å². The first-order valence-corrected chi connectivity index (χ1v) is 13.2. The molecule has 0 spiro atoms. The number of rotatable bonds is 6. The zero-order chi connectivity index (χ0) is 27.7. The Bertz CT molecular complexity index is 1520. The molecule has 6 heteroatoms. The second kappa shape index (κ2) is 10.8. The van der Waals surface area contributed by atoms with Crippen LogP contribution in [0.25, 0.3) is 0 Å². The van der Waals surface area contributed by atoms with E-state index in [1.54, 1.807) is 14.2 Å². The van der Waals surface area contributed by atoms with E-state index in [9.17, 15) is 9.59 Å². The van der Waals surface area contributed by atoms with Gasteiger partial charge >= 0.3 is 0 Å². The summed E-state index contributed by atoms with van der Waals surface area (Å²) in [5.41, 5.74) is 7.66. The minimum Gasteiger partial charge on any atom is -0.493 e. The van der Waals surface area contributed by atoms with Gasteiger partial charge in [0.25, 0.3) is 5.91 Å². The number of allylic oxidation sites excluding steroid dienone is 3. The topological polar surface area (TPSA) is 76.7 Å². The van der Waals surface area contributed by atoms with Crippen LogP contribution in [0.3, 0.4) is 0 Å². The average molecular weight is 523 g/mol. The molecule has 2 N–H and O–H groups in total. The van der Waals surface area contributed by atoms with Crippen molar-refractivity contribution >= 4 is 17.4 Å². The maximum absolute atomic E-state index is 14.0. The van der Waals surface area contributed by atoms with E-state index in [1.165, 1.54) is 0 Å². The molecule has 1 aliphatic carbocycles. The minimum absolute atomic E-state index is 0.0174. The quantitative estimate of drug-likeness (QED) is 0.396. The zero-order valence-electron chi connectivity index (χ0n) is 23.1. The fraction of sp³-hybridized carbons (Fsp3) is 0.273. The van der Waals surface area contributed by atoms with E-state index >= 15 is 0 Å². The van der Waals surface area contributed by atoms with Crippen LogP contribution in [0.5, 0.6) is 11.5 Å². The van der Waals surface area contributed by atoms with Crippen LogP contribution in [0.2, 0.25) is 0 Å². The largest absolute Gasteiger partial charge is 0.493 e. The fourth-order valence-electron chi connectivity index (χ4n) is 5.81. The third-order valence-corrected chi connectivity index (χ3v) is 7.84. The molecule has 39 heavy (non-hydrogen) atoms. The highest BCUT2D eigenvalue weighted by atomic mass is 16.5. The zero-order valence-corrected chi connectivity index (χ0v) is 23.1. The third kappa shape index (κ3) is 4.94. The van der Waals surface area contributed by atoms with Gasteiger partial charge in [-0.3, -0.25) is 9.59 Å². The summed E-state index contributed by atoms with van der Waals surface area (Å²) in [6, 6.07) is 21.5. The predicted octanol–water partition coefficient (Wildman–Crippen LogP) is 6.32. The van der Waals surface area contributed by atoms with Gasteiger partial charge in [0, 0.05) is 40.6 Å². The first-order chi connectivity index (χ1) is 18.8. The Morgan fingerprint density at radius 2 is 1.56 bits per heavy atom. The normalized spacial score (nSPS) is 18.8. The van der Waals surface area contributed by atoms with Crippen LogP contribution < -0.4 is 20.1 Å². The van der Waals surface area contributed by atoms with Crippen molar-refractivity contribution in [2.24, 2.45) is 0 Å². The van der Waals surface area contributed by atoms with Crippen molar-refractivity contribution in [2.75, 3.05) is 19.5 Å².